The van der Waals surface area contributed by atoms with Gasteiger partial charge in [0.15, 0.2) is 5.96 Å². The van der Waals surface area contributed by atoms with Crippen LogP contribution in [0.25, 0.3) is 0 Å². The fourth-order valence-corrected chi connectivity index (χ4v) is 3.77. The number of carbonyl (C=O) groups excluding carboxylic acids is 1. The average Bonchev–Trinajstić information content (AvgIpc) is 3.11. The Morgan fingerprint density at radius 1 is 1.10 bits per heavy atom. The molecule has 1 aliphatic heterocycles. The van der Waals surface area contributed by atoms with E-state index >= 15 is 0 Å². The van der Waals surface area contributed by atoms with Crippen LogP contribution in [0.4, 0.5) is 0 Å². The van der Waals surface area contributed by atoms with Gasteiger partial charge in [-0.1, -0.05) is 53.5 Å². The van der Waals surface area contributed by atoms with Crippen molar-refractivity contribution in [3.63, 3.8) is 0 Å². The minimum atomic E-state index is 0. The zero-order chi connectivity index (χ0) is 20.6. The standard InChI is InChI=1S/C22H26Cl2N4O.HI/c1-2-25-22(27-14-17-9-10-19(23)12-20(17)24)26-13-16-6-3-4-7-18(16)15-28-11-5-8-21(28)29;/h3-4,6-7,9-10,12H,2,5,8,11,13-15H2,1H3,(H2,25,26,27);1H. The predicted octanol–water partition coefficient (Wildman–Crippen LogP) is 4.99. The van der Waals surface area contributed by atoms with Gasteiger partial charge in [0.1, 0.15) is 0 Å². The Morgan fingerprint density at radius 3 is 2.53 bits per heavy atom. The highest BCUT2D eigenvalue weighted by atomic mass is 127. The average molecular weight is 561 g/mol. The highest BCUT2D eigenvalue weighted by molar-refractivity contribution is 14.0. The van der Waals surface area contributed by atoms with Gasteiger partial charge in [0.05, 0.1) is 6.54 Å². The first-order valence-electron chi connectivity index (χ1n) is 9.87. The molecule has 2 N–H and O–H groups in total. The number of aliphatic imine (C=N–C) groups is 1. The molecule has 2 aromatic rings. The first-order valence-corrected chi connectivity index (χ1v) is 10.6. The van der Waals surface area contributed by atoms with Crippen molar-refractivity contribution in [1.29, 1.82) is 0 Å². The summed E-state index contributed by atoms with van der Waals surface area (Å²) < 4.78 is 0. The van der Waals surface area contributed by atoms with Crippen LogP contribution in [0.5, 0.6) is 0 Å². The number of rotatable bonds is 7. The summed E-state index contributed by atoms with van der Waals surface area (Å²) in [6.45, 7) is 5.34. The number of guanidine groups is 1. The largest absolute Gasteiger partial charge is 0.357 e. The summed E-state index contributed by atoms with van der Waals surface area (Å²) in [5.74, 6) is 0.948. The van der Waals surface area contributed by atoms with Gasteiger partial charge in [-0.05, 0) is 42.2 Å². The maximum atomic E-state index is 12.0. The van der Waals surface area contributed by atoms with E-state index in [1.807, 2.05) is 36.1 Å². The van der Waals surface area contributed by atoms with Crippen LogP contribution in [-0.4, -0.2) is 29.9 Å². The number of carbonyl (C=O) groups is 1. The van der Waals surface area contributed by atoms with Gasteiger partial charge in [0, 0.05) is 42.6 Å². The van der Waals surface area contributed by atoms with Gasteiger partial charge >= 0.3 is 0 Å². The van der Waals surface area contributed by atoms with E-state index < -0.39 is 0 Å². The molecule has 30 heavy (non-hydrogen) atoms. The molecule has 0 saturated carbocycles. The summed E-state index contributed by atoms with van der Waals surface area (Å²) in [6.07, 6.45) is 1.60. The SMILES string of the molecule is CCNC(=NCc1ccccc1CN1CCCC1=O)NCc1ccc(Cl)cc1Cl.I. The number of benzene rings is 2. The monoisotopic (exact) mass is 560 g/mol. The smallest absolute Gasteiger partial charge is 0.222 e. The Bertz CT molecular complexity index is 891. The molecule has 0 bridgehead atoms. The van der Waals surface area contributed by atoms with Crippen LogP contribution in [0.2, 0.25) is 10.0 Å². The van der Waals surface area contributed by atoms with Gasteiger partial charge in [0.2, 0.25) is 5.91 Å². The van der Waals surface area contributed by atoms with E-state index in [9.17, 15) is 4.79 Å². The van der Waals surface area contributed by atoms with Gasteiger partial charge in [-0.2, -0.15) is 0 Å². The Labute approximate surface area is 205 Å². The fraction of sp³-hybridized carbons (Fsp3) is 0.364. The molecule has 0 radical (unpaired) electrons. The second-order valence-corrected chi connectivity index (χ2v) is 7.82. The van der Waals surface area contributed by atoms with Crippen molar-refractivity contribution >= 4 is 59.0 Å². The lowest BCUT2D eigenvalue weighted by Gasteiger charge is -2.18. The van der Waals surface area contributed by atoms with Crippen molar-refractivity contribution in [1.82, 2.24) is 15.5 Å². The number of hydrogen-bond acceptors (Lipinski definition) is 2. The van der Waals surface area contributed by atoms with Crippen LogP contribution in [0, 0.1) is 0 Å². The first-order chi connectivity index (χ1) is 14.1. The van der Waals surface area contributed by atoms with Crippen LogP contribution in [0.3, 0.4) is 0 Å². The minimum absolute atomic E-state index is 0. The zero-order valence-electron chi connectivity index (χ0n) is 17.0. The summed E-state index contributed by atoms with van der Waals surface area (Å²) >= 11 is 12.2. The summed E-state index contributed by atoms with van der Waals surface area (Å²) in [6, 6.07) is 13.6. The van der Waals surface area contributed by atoms with Crippen LogP contribution < -0.4 is 10.6 Å². The Morgan fingerprint density at radius 2 is 1.87 bits per heavy atom. The van der Waals surface area contributed by atoms with Gasteiger partial charge in [0.25, 0.3) is 0 Å². The first kappa shape index (κ1) is 24.8. The normalized spacial score (nSPS) is 13.9. The molecular formula is C22H27Cl2IN4O. The Balaban J connectivity index is 0.00000320. The Hall–Kier alpha value is -1.51. The molecule has 5 nitrogen and oxygen atoms in total. The van der Waals surface area contributed by atoms with Crippen molar-refractivity contribution in [2.75, 3.05) is 13.1 Å². The highest BCUT2D eigenvalue weighted by Gasteiger charge is 2.20. The van der Waals surface area contributed by atoms with E-state index in [-0.39, 0.29) is 29.9 Å². The number of amides is 1. The molecule has 0 atom stereocenters. The van der Waals surface area contributed by atoms with E-state index in [1.54, 1.807) is 6.07 Å². The molecule has 1 fully saturated rings. The summed E-state index contributed by atoms with van der Waals surface area (Å²) in [4.78, 5) is 18.6. The number of hydrogen-bond donors (Lipinski definition) is 2. The van der Waals surface area contributed by atoms with Crippen molar-refractivity contribution in [2.45, 2.75) is 39.4 Å². The van der Waals surface area contributed by atoms with Gasteiger partial charge < -0.3 is 15.5 Å². The Kier molecular flexibility index (Phi) is 10.2. The van der Waals surface area contributed by atoms with Crippen LogP contribution in [-0.2, 0) is 24.4 Å². The van der Waals surface area contributed by atoms with Crippen molar-refractivity contribution in [3.8, 4) is 0 Å². The topological polar surface area (TPSA) is 56.7 Å². The molecule has 0 aromatic heterocycles. The fourth-order valence-electron chi connectivity index (χ4n) is 3.29. The molecule has 1 aliphatic rings. The third-order valence-corrected chi connectivity index (χ3v) is 5.45. The van der Waals surface area contributed by atoms with E-state index in [2.05, 4.69) is 22.8 Å². The van der Waals surface area contributed by atoms with Crippen molar-refractivity contribution in [3.05, 3.63) is 69.2 Å². The molecule has 3 rings (SSSR count). The zero-order valence-corrected chi connectivity index (χ0v) is 20.8. The number of likely N-dealkylation sites (tertiary alicyclic amines) is 1. The molecule has 1 saturated heterocycles. The summed E-state index contributed by atoms with van der Waals surface area (Å²) in [5.41, 5.74) is 3.21. The lowest BCUT2D eigenvalue weighted by atomic mass is 10.1. The molecule has 8 heteroatoms. The number of halogens is 3. The maximum absolute atomic E-state index is 12.0. The van der Waals surface area contributed by atoms with Crippen LogP contribution in [0.15, 0.2) is 47.5 Å². The quantitative estimate of drug-likeness (QED) is 0.285. The minimum Gasteiger partial charge on any atom is -0.357 e. The van der Waals surface area contributed by atoms with E-state index in [0.717, 1.165) is 36.2 Å². The van der Waals surface area contributed by atoms with E-state index in [1.165, 1.54) is 0 Å². The summed E-state index contributed by atoms with van der Waals surface area (Å²) in [5, 5.41) is 7.82. The van der Waals surface area contributed by atoms with Gasteiger partial charge in [-0.25, -0.2) is 4.99 Å². The number of nitrogens with zero attached hydrogens (tertiary/aromatic N) is 2. The lowest BCUT2D eigenvalue weighted by molar-refractivity contribution is -0.128. The summed E-state index contributed by atoms with van der Waals surface area (Å²) in [7, 11) is 0. The van der Waals surface area contributed by atoms with Crippen molar-refractivity contribution < 1.29 is 4.79 Å². The van der Waals surface area contributed by atoms with Crippen LogP contribution in [0.1, 0.15) is 36.5 Å². The molecule has 162 valence electrons. The van der Waals surface area contributed by atoms with Crippen molar-refractivity contribution in [2.24, 2.45) is 4.99 Å². The van der Waals surface area contributed by atoms with Crippen LogP contribution >= 0.6 is 47.2 Å². The third-order valence-electron chi connectivity index (χ3n) is 4.86. The molecular weight excluding hydrogens is 534 g/mol. The molecule has 1 amide bonds. The van der Waals surface area contributed by atoms with E-state index in [0.29, 0.717) is 42.1 Å². The second kappa shape index (κ2) is 12.4. The van der Waals surface area contributed by atoms with E-state index in [4.69, 9.17) is 28.2 Å². The number of nitrogens with one attached hydrogen (secondary N) is 2. The molecule has 2 aromatic carbocycles. The van der Waals surface area contributed by atoms with Gasteiger partial charge in [-0.3, -0.25) is 4.79 Å². The molecule has 1 heterocycles. The highest BCUT2D eigenvalue weighted by Crippen LogP contribution is 2.21. The molecule has 0 spiro atoms. The second-order valence-electron chi connectivity index (χ2n) is 6.97. The predicted molar refractivity (Wildman–Crippen MR) is 135 cm³/mol. The molecule has 0 aliphatic carbocycles. The molecule has 0 unspecified atom stereocenters. The van der Waals surface area contributed by atoms with Gasteiger partial charge in [-0.15, -0.1) is 24.0 Å². The maximum Gasteiger partial charge on any atom is 0.222 e. The lowest BCUT2D eigenvalue weighted by Crippen LogP contribution is -2.36. The third kappa shape index (κ3) is 7.03.